The minimum Gasteiger partial charge on any atom is -0.508 e. The lowest BCUT2D eigenvalue weighted by Gasteiger charge is -2.22. The van der Waals surface area contributed by atoms with Gasteiger partial charge in [0.25, 0.3) is 5.91 Å². The summed E-state index contributed by atoms with van der Waals surface area (Å²) in [6.45, 7) is 0. The van der Waals surface area contributed by atoms with Crippen molar-refractivity contribution in [2.45, 2.75) is 17.6 Å². The Kier molecular flexibility index (Phi) is 6.44. The van der Waals surface area contributed by atoms with Crippen LogP contribution in [-0.4, -0.2) is 54.8 Å². The zero-order valence-corrected chi connectivity index (χ0v) is 19.7. The van der Waals surface area contributed by atoms with E-state index in [0.717, 1.165) is 22.6 Å². The van der Waals surface area contributed by atoms with Crippen LogP contribution in [0.2, 0.25) is 0 Å². The van der Waals surface area contributed by atoms with Crippen molar-refractivity contribution in [2.75, 3.05) is 12.9 Å². The summed E-state index contributed by atoms with van der Waals surface area (Å²) in [4.78, 5) is 13.4. The molecule has 0 saturated carbocycles. The lowest BCUT2D eigenvalue weighted by molar-refractivity contribution is -0.130. The van der Waals surface area contributed by atoms with Crippen LogP contribution in [0.25, 0.3) is 5.69 Å². The van der Waals surface area contributed by atoms with Crippen LogP contribution in [-0.2, 0) is 4.79 Å². The van der Waals surface area contributed by atoms with Crippen LogP contribution in [0, 0.1) is 0 Å². The molecular weight excluding hydrogens is 464 g/mol. The molecule has 5 rings (SSSR count). The van der Waals surface area contributed by atoms with Gasteiger partial charge in [0, 0.05) is 6.42 Å². The molecule has 0 bridgehead atoms. The summed E-state index contributed by atoms with van der Waals surface area (Å²) in [5.41, 5.74) is 3.51. The van der Waals surface area contributed by atoms with Crippen LogP contribution in [0.1, 0.15) is 23.6 Å². The monoisotopic (exact) mass is 486 g/mol. The predicted molar refractivity (Wildman–Crippen MR) is 132 cm³/mol. The first-order chi connectivity index (χ1) is 17.1. The molecule has 0 radical (unpaired) electrons. The molecular formula is C25H22N6O3S. The van der Waals surface area contributed by atoms with Crippen molar-refractivity contribution in [1.82, 2.24) is 25.2 Å². The Morgan fingerprint density at radius 1 is 1.06 bits per heavy atom. The van der Waals surface area contributed by atoms with Crippen molar-refractivity contribution >= 4 is 23.4 Å². The van der Waals surface area contributed by atoms with E-state index >= 15 is 0 Å². The molecule has 4 aromatic rings. The molecule has 1 aliphatic rings. The number of rotatable bonds is 7. The van der Waals surface area contributed by atoms with Gasteiger partial charge in [-0.05, 0) is 58.0 Å². The number of hydrogen-bond donors (Lipinski definition) is 1. The highest BCUT2D eigenvalue weighted by Crippen LogP contribution is 2.34. The molecule has 0 saturated heterocycles. The van der Waals surface area contributed by atoms with E-state index in [9.17, 15) is 9.90 Å². The highest BCUT2D eigenvalue weighted by Gasteiger charge is 2.33. The minimum absolute atomic E-state index is 0.108. The number of aromatic hydroxyl groups is 1. The van der Waals surface area contributed by atoms with E-state index in [0.29, 0.717) is 17.3 Å². The number of methoxy groups -OCH3 is 1. The van der Waals surface area contributed by atoms with E-state index in [1.54, 1.807) is 36.4 Å². The fourth-order valence-electron chi connectivity index (χ4n) is 3.85. The fourth-order valence-corrected chi connectivity index (χ4v) is 4.59. The predicted octanol–water partition coefficient (Wildman–Crippen LogP) is 3.85. The second kappa shape index (κ2) is 9.98. The van der Waals surface area contributed by atoms with Crippen LogP contribution >= 0.6 is 11.8 Å². The minimum atomic E-state index is -0.225. The molecule has 1 atom stereocenters. The smallest absolute Gasteiger partial charge is 0.253 e. The van der Waals surface area contributed by atoms with Crippen molar-refractivity contribution in [3.8, 4) is 17.2 Å². The van der Waals surface area contributed by atoms with Gasteiger partial charge in [-0.1, -0.05) is 54.2 Å². The van der Waals surface area contributed by atoms with E-state index < -0.39 is 0 Å². The maximum Gasteiger partial charge on any atom is 0.253 e. The standard InChI is InChI=1S/C25H22N6O3S/c1-34-21-13-7-18(8-14-21)23-15-22(17-5-3-2-4-6-17)27-31(23)24(33)16-35-25-26-28-29-30(25)19-9-11-20(32)12-10-19/h2-14,23,32H,15-16H2,1H3/t23-/m1/s1. The number of phenolic OH excluding ortho intramolecular Hbond substituents is 1. The van der Waals surface area contributed by atoms with Crippen molar-refractivity contribution in [3.05, 3.63) is 90.0 Å². The van der Waals surface area contributed by atoms with Gasteiger partial charge in [0.1, 0.15) is 11.5 Å². The molecule has 1 amide bonds. The quantitative estimate of drug-likeness (QED) is 0.396. The second-order valence-corrected chi connectivity index (χ2v) is 8.76. The molecule has 1 N–H and O–H groups in total. The first kappa shape index (κ1) is 22.6. The Morgan fingerprint density at radius 2 is 1.80 bits per heavy atom. The summed E-state index contributed by atoms with van der Waals surface area (Å²) in [7, 11) is 1.63. The highest BCUT2D eigenvalue weighted by atomic mass is 32.2. The summed E-state index contributed by atoms with van der Waals surface area (Å²) < 4.78 is 6.81. The van der Waals surface area contributed by atoms with Crippen molar-refractivity contribution in [3.63, 3.8) is 0 Å². The van der Waals surface area contributed by atoms with Gasteiger partial charge < -0.3 is 9.84 Å². The van der Waals surface area contributed by atoms with Crippen LogP contribution in [0.15, 0.2) is 89.1 Å². The Hall–Kier alpha value is -4.18. The number of thioether (sulfide) groups is 1. The Balaban J connectivity index is 1.37. The number of tetrazole rings is 1. The highest BCUT2D eigenvalue weighted by molar-refractivity contribution is 7.99. The number of phenols is 1. The SMILES string of the molecule is COc1ccc([C@H]2CC(c3ccccc3)=NN2C(=O)CSc2nnnn2-c2ccc(O)cc2)cc1. The summed E-state index contributed by atoms with van der Waals surface area (Å²) in [6, 6.07) is 23.9. The van der Waals surface area contributed by atoms with E-state index in [-0.39, 0.29) is 23.5 Å². The summed E-state index contributed by atoms with van der Waals surface area (Å²) in [5.74, 6) is 0.862. The van der Waals surface area contributed by atoms with Crippen LogP contribution in [0.4, 0.5) is 0 Å². The average Bonchev–Trinajstić information content (AvgIpc) is 3.56. The molecule has 1 aromatic heterocycles. The number of carbonyl (C=O) groups excluding carboxylic acids is 1. The van der Waals surface area contributed by atoms with Crippen LogP contribution in [0.5, 0.6) is 11.5 Å². The van der Waals surface area contributed by atoms with Crippen molar-refractivity contribution in [2.24, 2.45) is 5.10 Å². The number of carbonyl (C=O) groups is 1. The van der Waals surface area contributed by atoms with Gasteiger partial charge in [-0.2, -0.15) is 9.78 Å². The van der Waals surface area contributed by atoms with E-state index in [2.05, 4.69) is 15.5 Å². The maximum absolute atomic E-state index is 13.4. The molecule has 10 heteroatoms. The number of nitrogens with zero attached hydrogens (tertiary/aromatic N) is 6. The number of aromatic nitrogens is 4. The normalized spacial score (nSPS) is 15.2. The number of amides is 1. The van der Waals surface area contributed by atoms with E-state index in [1.165, 1.54) is 16.4 Å². The second-order valence-electron chi connectivity index (χ2n) is 7.82. The zero-order chi connectivity index (χ0) is 24.2. The fraction of sp³-hybridized carbons (Fsp3) is 0.160. The molecule has 176 valence electrons. The first-order valence-corrected chi connectivity index (χ1v) is 11.9. The molecule has 1 aliphatic heterocycles. The van der Waals surface area contributed by atoms with Gasteiger partial charge in [0.15, 0.2) is 0 Å². The van der Waals surface area contributed by atoms with Gasteiger partial charge in [-0.15, -0.1) is 5.10 Å². The van der Waals surface area contributed by atoms with E-state index in [1.807, 2.05) is 54.6 Å². The van der Waals surface area contributed by atoms with Gasteiger partial charge in [-0.25, -0.2) is 5.01 Å². The van der Waals surface area contributed by atoms with Crippen LogP contribution < -0.4 is 4.74 Å². The summed E-state index contributed by atoms with van der Waals surface area (Å²) in [6.07, 6.45) is 0.609. The summed E-state index contributed by atoms with van der Waals surface area (Å²) in [5, 5.41) is 28.1. The number of hydrogen-bond acceptors (Lipinski definition) is 8. The van der Waals surface area contributed by atoms with Gasteiger partial charge in [-0.3, -0.25) is 4.79 Å². The lowest BCUT2D eigenvalue weighted by atomic mass is 9.98. The van der Waals surface area contributed by atoms with Gasteiger partial charge >= 0.3 is 0 Å². The molecule has 0 spiro atoms. The third-order valence-corrected chi connectivity index (χ3v) is 6.54. The molecule has 2 heterocycles. The molecule has 0 aliphatic carbocycles. The zero-order valence-electron chi connectivity index (χ0n) is 18.9. The first-order valence-electron chi connectivity index (χ1n) is 10.9. The number of benzene rings is 3. The Labute approximate surface area is 206 Å². The third-order valence-electron chi connectivity index (χ3n) is 5.63. The average molecular weight is 487 g/mol. The van der Waals surface area contributed by atoms with Crippen LogP contribution in [0.3, 0.4) is 0 Å². The molecule has 3 aromatic carbocycles. The number of hydrazone groups is 1. The lowest BCUT2D eigenvalue weighted by Crippen LogP contribution is -2.28. The largest absolute Gasteiger partial charge is 0.508 e. The van der Waals surface area contributed by atoms with Crippen molar-refractivity contribution < 1.29 is 14.6 Å². The topological polar surface area (TPSA) is 106 Å². The molecule has 0 fully saturated rings. The maximum atomic E-state index is 13.4. The van der Waals surface area contributed by atoms with E-state index in [4.69, 9.17) is 9.84 Å². The summed E-state index contributed by atoms with van der Waals surface area (Å²) >= 11 is 1.23. The molecule has 9 nitrogen and oxygen atoms in total. The Bertz CT molecular complexity index is 1340. The molecule has 35 heavy (non-hydrogen) atoms. The van der Waals surface area contributed by atoms with Gasteiger partial charge in [0.2, 0.25) is 5.16 Å². The molecule has 0 unspecified atom stereocenters. The van der Waals surface area contributed by atoms with Gasteiger partial charge in [0.05, 0.1) is 30.3 Å². The van der Waals surface area contributed by atoms with Crippen molar-refractivity contribution in [1.29, 1.82) is 0 Å². The third kappa shape index (κ3) is 4.87. The Morgan fingerprint density at radius 3 is 2.51 bits per heavy atom. The number of ether oxygens (including phenoxy) is 1.